The van der Waals surface area contributed by atoms with Gasteiger partial charge >= 0.3 is 0 Å². The maximum Gasteiger partial charge on any atom is 0.239 e. The van der Waals surface area contributed by atoms with Crippen LogP contribution in [0, 0.1) is 0 Å². The standard InChI is InChI=1S/C10H12N2O3S/c1-11-8(13)5-12-9(14)6-16-10(12)7-3-2-4-15-7/h2-4,10H,5-6H2,1H3,(H,11,13). The normalized spacial score (nSPS) is 20.2. The van der Waals surface area contributed by atoms with Crippen molar-refractivity contribution in [3.05, 3.63) is 24.2 Å². The predicted octanol–water partition coefficient (Wildman–Crippen LogP) is 0.600. The second kappa shape index (κ2) is 4.61. The van der Waals surface area contributed by atoms with Crippen LogP contribution in [-0.2, 0) is 9.59 Å². The maximum atomic E-state index is 11.6. The van der Waals surface area contributed by atoms with Gasteiger partial charge in [0.05, 0.1) is 12.0 Å². The Kier molecular flexibility index (Phi) is 3.19. The number of carbonyl (C=O) groups is 2. The fraction of sp³-hybridized carbons (Fsp3) is 0.400. The van der Waals surface area contributed by atoms with Gasteiger partial charge in [-0.15, -0.1) is 11.8 Å². The number of hydrogen-bond acceptors (Lipinski definition) is 4. The summed E-state index contributed by atoms with van der Waals surface area (Å²) in [4.78, 5) is 24.4. The minimum atomic E-state index is -0.181. The van der Waals surface area contributed by atoms with Gasteiger partial charge in [-0.2, -0.15) is 0 Å². The molecule has 1 aromatic heterocycles. The topological polar surface area (TPSA) is 62.6 Å². The molecule has 1 aromatic rings. The number of carbonyl (C=O) groups excluding carboxylic acids is 2. The van der Waals surface area contributed by atoms with E-state index in [0.717, 1.165) is 0 Å². The van der Waals surface area contributed by atoms with E-state index in [0.29, 0.717) is 11.5 Å². The first-order valence-electron chi connectivity index (χ1n) is 4.87. The van der Waals surface area contributed by atoms with E-state index in [4.69, 9.17) is 4.42 Å². The Balaban J connectivity index is 2.13. The first-order valence-corrected chi connectivity index (χ1v) is 5.92. The molecular formula is C10H12N2O3S. The number of nitrogens with zero attached hydrogens (tertiary/aromatic N) is 1. The van der Waals surface area contributed by atoms with E-state index in [1.54, 1.807) is 19.4 Å². The minimum absolute atomic E-state index is 0.0324. The van der Waals surface area contributed by atoms with Crippen molar-refractivity contribution in [1.29, 1.82) is 0 Å². The summed E-state index contributed by atoms with van der Waals surface area (Å²) in [5, 5.41) is 2.32. The monoisotopic (exact) mass is 240 g/mol. The number of furan rings is 1. The van der Waals surface area contributed by atoms with Crippen LogP contribution in [0.15, 0.2) is 22.8 Å². The lowest BCUT2D eigenvalue weighted by Gasteiger charge is -2.21. The zero-order valence-corrected chi connectivity index (χ0v) is 9.62. The molecule has 2 rings (SSSR count). The molecule has 2 amide bonds. The van der Waals surface area contributed by atoms with Gasteiger partial charge in [0.25, 0.3) is 0 Å². The van der Waals surface area contributed by atoms with E-state index < -0.39 is 0 Å². The lowest BCUT2D eigenvalue weighted by atomic mass is 10.3. The average molecular weight is 240 g/mol. The van der Waals surface area contributed by atoms with Crippen LogP contribution >= 0.6 is 11.8 Å². The zero-order chi connectivity index (χ0) is 11.5. The second-order valence-electron chi connectivity index (χ2n) is 3.37. The van der Waals surface area contributed by atoms with Gasteiger partial charge in [-0.1, -0.05) is 0 Å². The fourth-order valence-corrected chi connectivity index (χ4v) is 2.66. The van der Waals surface area contributed by atoms with Crippen LogP contribution in [0.1, 0.15) is 11.1 Å². The Morgan fingerprint density at radius 1 is 1.75 bits per heavy atom. The molecule has 6 heteroatoms. The molecule has 1 atom stereocenters. The molecule has 1 aliphatic rings. The lowest BCUT2D eigenvalue weighted by Crippen LogP contribution is -2.37. The quantitative estimate of drug-likeness (QED) is 0.840. The van der Waals surface area contributed by atoms with Gasteiger partial charge < -0.3 is 14.6 Å². The third kappa shape index (κ3) is 2.06. The minimum Gasteiger partial charge on any atom is -0.466 e. The van der Waals surface area contributed by atoms with Crippen molar-refractivity contribution < 1.29 is 14.0 Å². The molecule has 5 nitrogen and oxygen atoms in total. The van der Waals surface area contributed by atoms with Crippen LogP contribution in [0.2, 0.25) is 0 Å². The Bertz CT molecular complexity index is 391. The summed E-state index contributed by atoms with van der Waals surface area (Å²) in [6.45, 7) is 0.0771. The van der Waals surface area contributed by atoms with Gasteiger partial charge in [0.1, 0.15) is 17.7 Å². The van der Waals surface area contributed by atoms with E-state index in [-0.39, 0.29) is 23.7 Å². The number of thioether (sulfide) groups is 1. The van der Waals surface area contributed by atoms with Crippen LogP contribution in [0.25, 0.3) is 0 Å². The number of rotatable bonds is 3. The molecule has 0 aromatic carbocycles. The number of hydrogen-bond donors (Lipinski definition) is 1. The average Bonchev–Trinajstić information content (AvgIpc) is 2.89. The Labute approximate surface area is 97.2 Å². The summed E-state index contributed by atoms with van der Waals surface area (Å²) in [6, 6.07) is 3.59. The highest BCUT2D eigenvalue weighted by molar-refractivity contribution is 8.00. The highest BCUT2D eigenvalue weighted by Gasteiger charge is 2.35. The van der Waals surface area contributed by atoms with Crippen molar-refractivity contribution in [3.63, 3.8) is 0 Å². The van der Waals surface area contributed by atoms with Crippen molar-refractivity contribution in [1.82, 2.24) is 10.2 Å². The molecule has 1 saturated heterocycles. The summed E-state index contributed by atoms with van der Waals surface area (Å²) < 4.78 is 5.26. The molecule has 2 heterocycles. The molecule has 0 saturated carbocycles. The SMILES string of the molecule is CNC(=O)CN1C(=O)CSC1c1ccco1. The van der Waals surface area contributed by atoms with Crippen molar-refractivity contribution in [2.75, 3.05) is 19.3 Å². The molecule has 0 radical (unpaired) electrons. The second-order valence-corrected chi connectivity index (χ2v) is 4.44. The molecule has 16 heavy (non-hydrogen) atoms. The summed E-state index contributed by atoms with van der Waals surface area (Å²) >= 11 is 1.47. The summed E-state index contributed by atoms with van der Waals surface area (Å²) in [5.41, 5.74) is 0. The predicted molar refractivity (Wildman–Crippen MR) is 59.7 cm³/mol. The van der Waals surface area contributed by atoms with Gasteiger partial charge in [-0.25, -0.2) is 0 Å². The van der Waals surface area contributed by atoms with Crippen molar-refractivity contribution in [3.8, 4) is 0 Å². The Hall–Kier alpha value is -1.43. The highest BCUT2D eigenvalue weighted by atomic mass is 32.2. The third-order valence-corrected chi connectivity index (χ3v) is 3.56. The number of amides is 2. The van der Waals surface area contributed by atoms with Gasteiger partial charge in [0.15, 0.2) is 0 Å². The molecule has 86 valence electrons. The van der Waals surface area contributed by atoms with Gasteiger partial charge in [-0.3, -0.25) is 9.59 Å². The van der Waals surface area contributed by atoms with E-state index >= 15 is 0 Å². The summed E-state index contributed by atoms with van der Waals surface area (Å²) in [6.07, 6.45) is 1.57. The fourth-order valence-electron chi connectivity index (χ4n) is 1.53. The van der Waals surface area contributed by atoms with Crippen LogP contribution in [0.4, 0.5) is 0 Å². The molecule has 1 N–H and O–H groups in total. The first-order chi connectivity index (χ1) is 7.72. The highest BCUT2D eigenvalue weighted by Crippen LogP contribution is 2.38. The van der Waals surface area contributed by atoms with E-state index in [1.165, 1.54) is 16.7 Å². The maximum absolute atomic E-state index is 11.6. The van der Waals surface area contributed by atoms with Crippen LogP contribution < -0.4 is 5.32 Å². The zero-order valence-electron chi connectivity index (χ0n) is 8.80. The summed E-state index contributed by atoms with van der Waals surface area (Å²) in [7, 11) is 1.55. The first kappa shape index (κ1) is 11.1. The molecule has 1 unspecified atom stereocenters. The van der Waals surface area contributed by atoms with Crippen LogP contribution in [0.5, 0.6) is 0 Å². The smallest absolute Gasteiger partial charge is 0.239 e. The van der Waals surface area contributed by atoms with Crippen LogP contribution in [-0.4, -0.2) is 36.1 Å². The van der Waals surface area contributed by atoms with E-state index in [9.17, 15) is 9.59 Å². The van der Waals surface area contributed by atoms with Crippen LogP contribution in [0.3, 0.4) is 0 Å². The molecule has 1 aliphatic heterocycles. The van der Waals surface area contributed by atoms with Gasteiger partial charge in [-0.05, 0) is 12.1 Å². The molecule has 1 fully saturated rings. The Morgan fingerprint density at radius 3 is 3.19 bits per heavy atom. The lowest BCUT2D eigenvalue weighted by molar-refractivity contribution is -0.133. The molecule has 0 spiro atoms. The summed E-state index contributed by atoms with van der Waals surface area (Å²) in [5.74, 6) is 0.893. The largest absolute Gasteiger partial charge is 0.466 e. The van der Waals surface area contributed by atoms with E-state index in [2.05, 4.69) is 5.32 Å². The molecule has 0 aliphatic carbocycles. The number of nitrogens with one attached hydrogen (secondary N) is 1. The van der Waals surface area contributed by atoms with Crippen molar-refractivity contribution >= 4 is 23.6 Å². The van der Waals surface area contributed by atoms with E-state index in [1.807, 2.05) is 6.07 Å². The van der Waals surface area contributed by atoms with Gasteiger partial charge in [0.2, 0.25) is 11.8 Å². The molecular weight excluding hydrogens is 228 g/mol. The van der Waals surface area contributed by atoms with Crippen molar-refractivity contribution in [2.24, 2.45) is 0 Å². The van der Waals surface area contributed by atoms with Crippen molar-refractivity contribution in [2.45, 2.75) is 5.37 Å². The number of likely N-dealkylation sites (N-methyl/N-ethyl adjacent to an activating group) is 1. The van der Waals surface area contributed by atoms with Gasteiger partial charge in [0, 0.05) is 7.05 Å². The third-order valence-electron chi connectivity index (χ3n) is 2.35. The molecule has 0 bridgehead atoms. The Morgan fingerprint density at radius 2 is 2.56 bits per heavy atom.